The first-order valence-corrected chi connectivity index (χ1v) is 9.19. The summed E-state index contributed by atoms with van der Waals surface area (Å²) in [6.45, 7) is 8.28. The molecule has 3 rings (SSSR count). The average molecular weight is 357 g/mol. The van der Waals surface area contributed by atoms with Crippen LogP contribution in [0.1, 0.15) is 54.2 Å². The molecule has 26 heavy (non-hydrogen) atoms. The van der Waals surface area contributed by atoms with E-state index in [-0.39, 0.29) is 11.7 Å². The van der Waals surface area contributed by atoms with Gasteiger partial charge >= 0.3 is 0 Å². The van der Waals surface area contributed by atoms with Crippen LogP contribution in [0.4, 0.5) is 0 Å². The molecular weight excluding hydrogens is 330 g/mol. The summed E-state index contributed by atoms with van der Waals surface area (Å²) in [5.41, 5.74) is 3.62. The molecule has 1 aliphatic rings. The van der Waals surface area contributed by atoms with E-state index in [0.29, 0.717) is 23.9 Å². The van der Waals surface area contributed by atoms with Gasteiger partial charge in [0.25, 0.3) is 0 Å². The molecule has 6 nitrogen and oxygen atoms in total. The van der Waals surface area contributed by atoms with Gasteiger partial charge in [0.05, 0.1) is 19.2 Å². The van der Waals surface area contributed by atoms with Crippen LogP contribution in [-0.2, 0) is 4.79 Å². The first-order valence-electron chi connectivity index (χ1n) is 9.19. The highest BCUT2D eigenvalue weighted by Crippen LogP contribution is 2.36. The predicted molar refractivity (Wildman–Crippen MR) is 100 cm³/mol. The second-order valence-electron chi connectivity index (χ2n) is 7.32. The first kappa shape index (κ1) is 18.6. The van der Waals surface area contributed by atoms with Crippen LogP contribution in [0.2, 0.25) is 0 Å². The van der Waals surface area contributed by atoms with Gasteiger partial charge in [-0.15, -0.1) is 5.10 Å². The van der Waals surface area contributed by atoms with Crippen molar-refractivity contribution in [1.82, 2.24) is 14.5 Å². The van der Waals surface area contributed by atoms with Crippen LogP contribution in [0.25, 0.3) is 5.52 Å². The summed E-state index contributed by atoms with van der Waals surface area (Å²) in [7, 11) is 1.60. The maximum Gasteiger partial charge on any atom is 0.231 e. The number of piperidine rings is 1. The van der Waals surface area contributed by atoms with Gasteiger partial charge in [-0.05, 0) is 57.3 Å². The Bertz CT molecular complexity index is 819. The van der Waals surface area contributed by atoms with E-state index in [4.69, 9.17) is 4.74 Å². The number of rotatable bonds is 6. The van der Waals surface area contributed by atoms with Crippen LogP contribution in [0.5, 0.6) is 5.88 Å². The summed E-state index contributed by atoms with van der Waals surface area (Å²) in [4.78, 5) is 25.2. The zero-order valence-electron chi connectivity index (χ0n) is 16.0. The first-order chi connectivity index (χ1) is 12.5. The fourth-order valence-electron chi connectivity index (χ4n) is 4.22. The van der Waals surface area contributed by atoms with Crippen molar-refractivity contribution in [3.05, 3.63) is 29.0 Å². The number of ether oxygens (including phenoxy) is 1. The van der Waals surface area contributed by atoms with Crippen LogP contribution in [0.3, 0.4) is 0 Å². The zero-order chi connectivity index (χ0) is 18.8. The Labute approximate surface area is 154 Å². The summed E-state index contributed by atoms with van der Waals surface area (Å²) in [5.74, 6) is 1.53. The summed E-state index contributed by atoms with van der Waals surface area (Å²) in [6.07, 6.45) is 3.01. The van der Waals surface area contributed by atoms with E-state index >= 15 is 0 Å². The molecule has 0 radical (unpaired) electrons. The van der Waals surface area contributed by atoms with Crippen molar-refractivity contribution in [3.63, 3.8) is 0 Å². The highest BCUT2D eigenvalue weighted by molar-refractivity contribution is 5.89. The minimum Gasteiger partial charge on any atom is -0.480 e. The molecule has 6 heteroatoms. The number of Topliss-reactive ketones (excluding diaryl/α,β-unsaturated/α-hetero) is 1. The molecule has 3 heterocycles. The van der Waals surface area contributed by atoms with Crippen molar-refractivity contribution in [2.75, 3.05) is 26.7 Å². The van der Waals surface area contributed by atoms with Gasteiger partial charge in [-0.3, -0.25) is 14.5 Å². The van der Waals surface area contributed by atoms with E-state index in [9.17, 15) is 9.59 Å². The van der Waals surface area contributed by atoms with E-state index in [1.807, 2.05) is 17.5 Å². The van der Waals surface area contributed by atoms with E-state index < -0.39 is 0 Å². The van der Waals surface area contributed by atoms with Crippen molar-refractivity contribution in [2.45, 2.75) is 39.5 Å². The van der Waals surface area contributed by atoms with Crippen LogP contribution < -0.4 is 4.74 Å². The molecule has 1 fully saturated rings. The number of hydrogen-bond donors (Lipinski definition) is 0. The normalized spacial score (nSPS) is 17.4. The van der Waals surface area contributed by atoms with Crippen molar-refractivity contribution in [2.24, 2.45) is 5.92 Å². The second-order valence-corrected chi connectivity index (χ2v) is 7.32. The maximum absolute atomic E-state index is 11.6. The molecule has 0 saturated carbocycles. The topological polar surface area (TPSA) is 63.9 Å². The van der Waals surface area contributed by atoms with Crippen LogP contribution in [0, 0.1) is 12.8 Å². The highest BCUT2D eigenvalue weighted by atomic mass is 16.5. The van der Waals surface area contributed by atoms with Gasteiger partial charge in [0.15, 0.2) is 6.29 Å². The maximum atomic E-state index is 11.6. The quantitative estimate of drug-likeness (QED) is 0.744. The lowest BCUT2D eigenvalue weighted by molar-refractivity contribution is -0.118. The zero-order valence-corrected chi connectivity index (χ0v) is 16.0. The molecule has 140 valence electrons. The second kappa shape index (κ2) is 7.58. The van der Waals surface area contributed by atoms with E-state index in [1.54, 1.807) is 20.1 Å². The molecule has 1 atom stereocenters. The Kier molecular flexibility index (Phi) is 5.41. The van der Waals surface area contributed by atoms with Gasteiger partial charge in [-0.1, -0.05) is 6.92 Å². The minimum atomic E-state index is 0.219. The Hall–Kier alpha value is -2.21. The Morgan fingerprint density at radius 2 is 2.08 bits per heavy atom. The summed E-state index contributed by atoms with van der Waals surface area (Å²) < 4.78 is 7.16. The predicted octanol–water partition coefficient (Wildman–Crippen LogP) is 2.87. The lowest BCUT2D eigenvalue weighted by atomic mass is 9.82. The number of nitrogens with zero attached hydrogens (tertiary/aromatic N) is 3. The molecule has 0 aromatic carbocycles. The van der Waals surface area contributed by atoms with Crippen molar-refractivity contribution < 1.29 is 14.3 Å². The third-order valence-corrected chi connectivity index (χ3v) is 5.65. The highest BCUT2D eigenvalue weighted by Gasteiger charge is 2.29. The van der Waals surface area contributed by atoms with Gasteiger partial charge in [0.2, 0.25) is 5.88 Å². The molecule has 2 aromatic heterocycles. The van der Waals surface area contributed by atoms with Crippen LogP contribution in [0.15, 0.2) is 12.1 Å². The van der Waals surface area contributed by atoms with E-state index in [1.165, 1.54) is 0 Å². The Morgan fingerprint density at radius 3 is 2.65 bits per heavy atom. The molecule has 1 saturated heterocycles. The van der Waals surface area contributed by atoms with Crippen LogP contribution in [-0.4, -0.2) is 53.3 Å². The number of fused-ring (bicyclic) bond motifs is 1. The van der Waals surface area contributed by atoms with Crippen molar-refractivity contribution in [1.29, 1.82) is 0 Å². The van der Waals surface area contributed by atoms with Gasteiger partial charge in [0, 0.05) is 23.2 Å². The molecule has 0 aliphatic carbocycles. The number of hydrogen-bond acceptors (Lipinski definition) is 5. The number of methoxy groups -OCH3 is 1. The minimum absolute atomic E-state index is 0.219. The number of ketones is 1. The van der Waals surface area contributed by atoms with Crippen LogP contribution >= 0.6 is 0 Å². The summed E-state index contributed by atoms with van der Waals surface area (Å²) in [5, 5.41) is 4.57. The van der Waals surface area contributed by atoms with Gasteiger partial charge < -0.3 is 4.74 Å². The molecule has 1 unspecified atom stereocenters. The van der Waals surface area contributed by atoms with E-state index in [2.05, 4.69) is 16.9 Å². The standard InChI is InChI=1S/C20H27N3O3/c1-13(25)11-22-9-7-16(8-10-22)14(2)20-15(3)17(12-24)18-5-6-19(26-4)21-23(18)20/h5-6,12,14,16H,7-11H2,1-4H3. The lowest BCUT2D eigenvalue weighted by Gasteiger charge is -2.34. The summed E-state index contributed by atoms with van der Waals surface area (Å²) >= 11 is 0. The third kappa shape index (κ3) is 3.38. The molecule has 0 N–H and O–H groups in total. The number of aldehydes is 1. The average Bonchev–Trinajstić information content (AvgIpc) is 2.91. The molecule has 0 bridgehead atoms. The largest absolute Gasteiger partial charge is 0.480 e. The molecule has 2 aromatic rings. The molecule has 0 spiro atoms. The van der Waals surface area contributed by atoms with Crippen molar-refractivity contribution in [3.8, 4) is 5.88 Å². The van der Waals surface area contributed by atoms with E-state index in [0.717, 1.165) is 49.0 Å². The fourth-order valence-corrected chi connectivity index (χ4v) is 4.22. The monoisotopic (exact) mass is 357 g/mol. The Balaban J connectivity index is 1.91. The Morgan fingerprint density at radius 1 is 1.38 bits per heavy atom. The molecule has 0 amide bonds. The SMILES string of the molecule is COc1ccc2c(C=O)c(C)c(C(C)C3CCN(CC(C)=O)CC3)n2n1. The van der Waals surface area contributed by atoms with Gasteiger partial charge in [0.1, 0.15) is 5.78 Å². The van der Waals surface area contributed by atoms with Gasteiger partial charge in [-0.25, -0.2) is 4.52 Å². The number of carbonyl (C=O) groups is 2. The van der Waals surface area contributed by atoms with Crippen molar-refractivity contribution >= 4 is 17.6 Å². The lowest BCUT2D eigenvalue weighted by Crippen LogP contribution is -2.38. The smallest absolute Gasteiger partial charge is 0.231 e. The summed E-state index contributed by atoms with van der Waals surface area (Å²) in [6, 6.07) is 3.69. The number of aromatic nitrogens is 2. The molecule has 1 aliphatic heterocycles. The van der Waals surface area contributed by atoms with Gasteiger partial charge in [-0.2, -0.15) is 0 Å². The molecular formula is C20H27N3O3. The number of likely N-dealkylation sites (tertiary alicyclic amines) is 1. The number of carbonyl (C=O) groups excluding carboxylic acids is 2. The fraction of sp³-hybridized carbons (Fsp3) is 0.550. The third-order valence-electron chi connectivity index (χ3n) is 5.65.